The van der Waals surface area contributed by atoms with Crippen LogP contribution in [-0.2, 0) is 6.61 Å². The molecule has 0 aliphatic rings. The van der Waals surface area contributed by atoms with Crippen LogP contribution in [0.15, 0.2) is 42.5 Å². The zero-order valence-electron chi connectivity index (χ0n) is 9.13. The predicted molar refractivity (Wildman–Crippen MR) is 65.0 cm³/mol. The molecule has 0 unspecified atom stereocenters. The number of aromatic hydroxyl groups is 2. The first-order chi connectivity index (χ1) is 8.15. The highest BCUT2D eigenvalue weighted by molar-refractivity contribution is 5.55. The zero-order chi connectivity index (χ0) is 12.3. The van der Waals surface area contributed by atoms with Crippen LogP contribution in [0.25, 0.3) is 0 Å². The minimum absolute atomic E-state index is 0.111. The molecule has 0 amide bonds. The summed E-state index contributed by atoms with van der Waals surface area (Å²) < 4.78 is 5.48. The van der Waals surface area contributed by atoms with Gasteiger partial charge in [-0.15, -0.1) is 0 Å². The summed E-state index contributed by atoms with van der Waals surface area (Å²) in [7, 11) is 0. The maximum atomic E-state index is 9.30. The molecule has 4 nitrogen and oxygen atoms in total. The molecule has 0 radical (unpaired) electrons. The standard InChI is InChI=1S/C13H13NO3/c14-12-6-5-11(16)7-13(12)17-8-9-1-3-10(15)4-2-9/h1-7,15-16H,8,14H2. The molecular weight excluding hydrogens is 218 g/mol. The quantitative estimate of drug-likeness (QED) is 0.559. The van der Waals surface area contributed by atoms with Gasteiger partial charge >= 0.3 is 0 Å². The van der Waals surface area contributed by atoms with Crippen molar-refractivity contribution in [2.45, 2.75) is 6.61 Å². The van der Waals surface area contributed by atoms with Crippen LogP contribution in [0.4, 0.5) is 5.69 Å². The van der Waals surface area contributed by atoms with Gasteiger partial charge in [-0.25, -0.2) is 0 Å². The van der Waals surface area contributed by atoms with E-state index in [-0.39, 0.29) is 11.5 Å². The van der Waals surface area contributed by atoms with Crippen LogP contribution >= 0.6 is 0 Å². The monoisotopic (exact) mass is 231 g/mol. The molecule has 88 valence electrons. The van der Waals surface area contributed by atoms with Crippen LogP contribution in [0.3, 0.4) is 0 Å². The van der Waals surface area contributed by atoms with Crippen molar-refractivity contribution in [3.63, 3.8) is 0 Å². The fourth-order valence-corrected chi connectivity index (χ4v) is 1.40. The molecule has 0 aliphatic carbocycles. The molecule has 0 aliphatic heterocycles. The average Bonchev–Trinajstić information content (AvgIpc) is 2.32. The minimum Gasteiger partial charge on any atom is -0.508 e. The van der Waals surface area contributed by atoms with Gasteiger partial charge in [-0.05, 0) is 29.8 Å². The molecule has 0 bridgehead atoms. The summed E-state index contributed by atoms with van der Waals surface area (Å²) in [5.74, 6) is 0.767. The summed E-state index contributed by atoms with van der Waals surface area (Å²) in [4.78, 5) is 0. The number of anilines is 1. The summed E-state index contributed by atoms with van der Waals surface area (Å²) in [6.07, 6.45) is 0. The van der Waals surface area contributed by atoms with E-state index in [9.17, 15) is 5.11 Å². The van der Waals surface area contributed by atoms with Crippen molar-refractivity contribution >= 4 is 5.69 Å². The van der Waals surface area contributed by atoms with E-state index in [1.165, 1.54) is 12.1 Å². The van der Waals surface area contributed by atoms with E-state index in [4.69, 9.17) is 15.6 Å². The summed E-state index contributed by atoms with van der Waals surface area (Å²) in [5.41, 5.74) is 7.08. The van der Waals surface area contributed by atoms with Gasteiger partial charge in [0.25, 0.3) is 0 Å². The Morgan fingerprint density at radius 2 is 1.59 bits per heavy atom. The maximum absolute atomic E-state index is 9.30. The first-order valence-electron chi connectivity index (χ1n) is 5.14. The Kier molecular flexibility index (Phi) is 3.05. The number of nitrogen functional groups attached to an aromatic ring is 1. The van der Waals surface area contributed by atoms with E-state index in [1.807, 2.05) is 0 Å². The lowest BCUT2D eigenvalue weighted by Crippen LogP contribution is -1.98. The molecule has 0 heterocycles. The van der Waals surface area contributed by atoms with Crippen LogP contribution in [0.5, 0.6) is 17.2 Å². The second kappa shape index (κ2) is 4.65. The Bertz CT molecular complexity index is 509. The number of hydrogen-bond acceptors (Lipinski definition) is 4. The maximum Gasteiger partial charge on any atom is 0.146 e. The van der Waals surface area contributed by atoms with E-state index < -0.39 is 0 Å². The third-order valence-electron chi connectivity index (χ3n) is 2.33. The predicted octanol–water partition coefficient (Wildman–Crippen LogP) is 2.26. The van der Waals surface area contributed by atoms with Crippen molar-refractivity contribution < 1.29 is 14.9 Å². The number of nitrogens with two attached hydrogens (primary N) is 1. The second-order valence-corrected chi connectivity index (χ2v) is 3.68. The molecule has 0 saturated heterocycles. The molecule has 0 atom stereocenters. The number of phenolic OH excluding ortho intramolecular Hbond substituents is 2. The fraction of sp³-hybridized carbons (Fsp3) is 0.0769. The number of ether oxygens (including phenoxy) is 1. The highest BCUT2D eigenvalue weighted by Crippen LogP contribution is 2.26. The number of benzene rings is 2. The zero-order valence-corrected chi connectivity index (χ0v) is 9.13. The Balaban J connectivity index is 2.07. The molecule has 0 fully saturated rings. The molecule has 4 heteroatoms. The summed E-state index contributed by atoms with van der Waals surface area (Å²) in [6.45, 7) is 0.327. The summed E-state index contributed by atoms with van der Waals surface area (Å²) in [5, 5.41) is 18.4. The van der Waals surface area contributed by atoms with Crippen LogP contribution in [0, 0.1) is 0 Å². The van der Waals surface area contributed by atoms with E-state index in [0.29, 0.717) is 18.0 Å². The van der Waals surface area contributed by atoms with E-state index in [1.54, 1.807) is 30.3 Å². The largest absolute Gasteiger partial charge is 0.508 e. The first-order valence-corrected chi connectivity index (χ1v) is 5.14. The molecule has 17 heavy (non-hydrogen) atoms. The van der Waals surface area contributed by atoms with E-state index in [0.717, 1.165) is 5.56 Å². The Labute approximate surface area is 98.9 Å². The molecule has 0 aromatic heterocycles. The van der Waals surface area contributed by atoms with Gasteiger partial charge in [-0.1, -0.05) is 12.1 Å². The molecule has 0 saturated carbocycles. The summed E-state index contributed by atoms with van der Waals surface area (Å²) >= 11 is 0. The first kappa shape index (κ1) is 11.1. The molecule has 2 rings (SSSR count). The van der Waals surface area contributed by atoms with Gasteiger partial charge in [0, 0.05) is 6.07 Å². The summed E-state index contributed by atoms with van der Waals surface area (Å²) in [6, 6.07) is 11.2. The third kappa shape index (κ3) is 2.81. The second-order valence-electron chi connectivity index (χ2n) is 3.68. The lowest BCUT2D eigenvalue weighted by Gasteiger charge is -2.09. The van der Waals surface area contributed by atoms with Crippen LogP contribution < -0.4 is 10.5 Å². The Morgan fingerprint density at radius 3 is 2.29 bits per heavy atom. The van der Waals surface area contributed by atoms with Crippen LogP contribution in [0.1, 0.15) is 5.56 Å². The fourth-order valence-electron chi connectivity index (χ4n) is 1.40. The Morgan fingerprint density at radius 1 is 0.941 bits per heavy atom. The van der Waals surface area contributed by atoms with Gasteiger partial charge in [0.1, 0.15) is 23.9 Å². The van der Waals surface area contributed by atoms with Crippen molar-refractivity contribution in [2.24, 2.45) is 0 Å². The Hall–Kier alpha value is -2.36. The molecule has 2 aromatic carbocycles. The number of phenols is 2. The van der Waals surface area contributed by atoms with Crippen molar-refractivity contribution in [3.8, 4) is 17.2 Å². The lowest BCUT2D eigenvalue weighted by molar-refractivity contribution is 0.306. The van der Waals surface area contributed by atoms with Gasteiger partial charge < -0.3 is 20.7 Å². The van der Waals surface area contributed by atoms with Gasteiger partial charge in [0.15, 0.2) is 0 Å². The van der Waals surface area contributed by atoms with Crippen molar-refractivity contribution in [1.82, 2.24) is 0 Å². The molecule has 0 spiro atoms. The van der Waals surface area contributed by atoms with E-state index >= 15 is 0 Å². The third-order valence-corrected chi connectivity index (χ3v) is 2.33. The molecular formula is C13H13NO3. The number of rotatable bonds is 3. The van der Waals surface area contributed by atoms with Crippen LogP contribution in [-0.4, -0.2) is 10.2 Å². The topological polar surface area (TPSA) is 75.7 Å². The van der Waals surface area contributed by atoms with E-state index in [2.05, 4.69) is 0 Å². The lowest BCUT2D eigenvalue weighted by atomic mass is 10.2. The van der Waals surface area contributed by atoms with Gasteiger partial charge in [0.05, 0.1) is 5.69 Å². The number of hydrogen-bond donors (Lipinski definition) is 3. The average molecular weight is 231 g/mol. The van der Waals surface area contributed by atoms with Gasteiger partial charge in [-0.3, -0.25) is 0 Å². The van der Waals surface area contributed by atoms with Crippen LogP contribution in [0.2, 0.25) is 0 Å². The highest BCUT2D eigenvalue weighted by Gasteiger charge is 2.02. The highest BCUT2D eigenvalue weighted by atomic mass is 16.5. The SMILES string of the molecule is Nc1ccc(O)cc1OCc1ccc(O)cc1. The van der Waals surface area contributed by atoms with Crippen molar-refractivity contribution in [3.05, 3.63) is 48.0 Å². The smallest absolute Gasteiger partial charge is 0.146 e. The van der Waals surface area contributed by atoms with Gasteiger partial charge in [0.2, 0.25) is 0 Å². The van der Waals surface area contributed by atoms with Crippen molar-refractivity contribution in [1.29, 1.82) is 0 Å². The van der Waals surface area contributed by atoms with Crippen molar-refractivity contribution in [2.75, 3.05) is 5.73 Å². The van der Waals surface area contributed by atoms with Gasteiger partial charge in [-0.2, -0.15) is 0 Å². The molecule has 4 N–H and O–H groups in total. The normalized spacial score (nSPS) is 10.1. The minimum atomic E-state index is 0.111. The molecule has 2 aromatic rings.